The molecule has 0 radical (unpaired) electrons. The molecule has 2 heteroatoms. The van der Waals surface area contributed by atoms with Crippen LogP contribution in [0.25, 0.3) is 0 Å². The number of hydrogen-bond donors (Lipinski definition) is 0. The molecule has 0 saturated heterocycles. The second-order valence-electron chi connectivity index (χ2n) is 3.59. The minimum atomic E-state index is -0.150. The monoisotopic (exact) mass is 170 g/mol. The Labute approximate surface area is 74.3 Å². The molecule has 12 heavy (non-hydrogen) atoms. The van der Waals surface area contributed by atoms with Crippen LogP contribution in [0.15, 0.2) is 0 Å². The maximum atomic E-state index is 10.6. The lowest BCUT2D eigenvalue weighted by molar-refractivity contribution is -0.119. The second-order valence-corrected chi connectivity index (χ2v) is 3.59. The molecule has 1 rings (SSSR count). The van der Waals surface area contributed by atoms with E-state index in [1.807, 2.05) is 0 Å². The summed E-state index contributed by atoms with van der Waals surface area (Å²) in [4.78, 5) is 10.6. The van der Waals surface area contributed by atoms with Crippen LogP contribution in [0.5, 0.6) is 0 Å². The summed E-state index contributed by atoms with van der Waals surface area (Å²) in [6, 6.07) is 0. The minimum Gasteiger partial charge on any atom is -0.374 e. The largest absolute Gasteiger partial charge is 0.374 e. The molecule has 0 aromatic rings. The van der Waals surface area contributed by atoms with Crippen LogP contribution in [-0.2, 0) is 9.53 Å². The Balaban J connectivity index is 2.40. The Hall–Kier alpha value is -0.370. The van der Waals surface area contributed by atoms with Gasteiger partial charge in [0.05, 0.1) is 0 Å². The number of ether oxygens (including phenoxy) is 1. The molecule has 1 fully saturated rings. The smallest absolute Gasteiger partial charge is 0.149 e. The third-order valence-corrected chi connectivity index (χ3v) is 2.77. The topological polar surface area (TPSA) is 26.3 Å². The first-order valence-electron chi connectivity index (χ1n) is 4.86. The Morgan fingerprint density at radius 2 is 1.83 bits per heavy atom. The van der Waals surface area contributed by atoms with E-state index in [1.54, 1.807) is 7.11 Å². The zero-order valence-electron chi connectivity index (χ0n) is 7.79. The normalized spacial score (nSPS) is 23.1. The van der Waals surface area contributed by atoms with Gasteiger partial charge in [0.25, 0.3) is 0 Å². The second kappa shape index (κ2) is 5.31. The van der Waals surface area contributed by atoms with Gasteiger partial charge in [0.15, 0.2) is 0 Å². The SMILES string of the molecule is COC(C=O)C1CCCCCC1. The molecule has 0 amide bonds. The van der Waals surface area contributed by atoms with Crippen LogP contribution in [0, 0.1) is 5.92 Å². The molecule has 70 valence electrons. The molecule has 2 nitrogen and oxygen atoms in total. The lowest BCUT2D eigenvalue weighted by Gasteiger charge is -2.19. The van der Waals surface area contributed by atoms with Crippen LogP contribution in [0.2, 0.25) is 0 Å². The highest BCUT2D eigenvalue weighted by atomic mass is 16.5. The van der Waals surface area contributed by atoms with Crippen LogP contribution >= 0.6 is 0 Å². The van der Waals surface area contributed by atoms with Gasteiger partial charge in [0.1, 0.15) is 12.4 Å². The molecule has 1 unspecified atom stereocenters. The fraction of sp³-hybridized carbons (Fsp3) is 0.900. The zero-order chi connectivity index (χ0) is 8.81. The maximum absolute atomic E-state index is 10.6. The number of hydrogen-bond acceptors (Lipinski definition) is 2. The third-order valence-electron chi connectivity index (χ3n) is 2.77. The molecule has 1 atom stereocenters. The molecular weight excluding hydrogens is 152 g/mol. The van der Waals surface area contributed by atoms with Crippen LogP contribution in [0.1, 0.15) is 38.5 Å². The maximum Gasteiger partial charge on any atom is 0.149 e. The summed E-state index contributed by atoms with van der Waals surface area (Å²) >= 11 is 0. The quantitative estimate of drug-likeness (QED) is 0.479. The Bertz CT molecular complexity index is 126. The van der Waals surface area contributed by atoms with Gasteiger partial charge in [-0.3, -0.25) is 0 Å². The summed E-state index contributed by atoms with van der Waals surface area (Å²) in [5, 5.41) is 0. The van der Waals surface area contributed by atoms with Crippen molar-refractivity contribution in [3.63, 3.8) is 0 Å². The van der Waals surface area contributed by atoms with E-state index in [0.29, 0.717) is 5.92 Å². The molecule has 0 aromatic heterocycles. The summed E-state index contributed by atoms with van der Waals surface area (Å²) in [6.07, 6.45) is 8.31. The van der Waals surface area contributed by atoms with Gasteiger partial charge < -0.3 is 9.53 Å². The summed E-state index contributed by atoms with van der Waals surface area (Å²) in [5.74, 6) is 0.481. The van der Waals surface area contributed by atoms with Crippen LogP contribution in [-0.4, -0.2) is 19.5 Å². The first kappa shape index (κ1) is 9.72. The predicted molar refractivity (Wildman–Crippen MR) is 48.1 cm³/mol. The van der Waals surface area contributed by atoms with E-state index in [4.69, 9.17) is 4.74 Å². The number of carbonyl (C=O) groups is 1. The molecule has 1 saturated carbocycles. The van der Waals surface area contributed by atoms with Gasteiger partial charge in [-0.1, -0.05) is 25.7 Å². The average Bonchev–Trinajstić information content (AvgIpc) is 2.35. The van der Waals surface area contributed by atoms with Crippen molar-refractivity contribution in [2.24, 2.45) is 5.92 Å². The molecule has 1 aliphatic carbocycles. The lowest BCUT2D eigenvalue weighted by Crippen LogP contribution is -2.23. The van der Waals surface area contributed by atoms with Gasteiger partial charge in [0.2, 0.25) is 0 Å². The van der Waals surface area contributed by atoms with E-state index in [2.05, 4.69) is 0 Å². The van der Waals surface area contributed by atoms with Crippen molar-refractivity contribution in [1.29, 1.82) is 0 Å². The predicted octanol–water partition coefficient (Wildman–Crippen LogP) is 2.17. The zero-order valence-corrected chi connectivity index (χ0v) is 7.79. The first-order valence-corrected chi connectivity index (χ1v) is 4.86. The molecule has 1 aliphatic rings. The average molecular weight is 170 g/mol. The number of methoxy groups -OCH3 is 1. The van der Waals surface area contributed by atoms with E-state index in [0.717, 1.165) is 19.1 Å². The summed E-state index contributed by atoms with van der Waals surface area (Å²) in [7, 11) is 1.63. The number of aldehydes is 1. The first-order chi connectivity index (χ1) is 5.88. The van der Waals surface area contributed by atoms with Gasteiger partial charge >= 0.3 is 0 Å². The Morgan fingerprint density at radius 1 is 1.25 bits per heavy atom. The van der Waals surface area contributed by atoms with Crippen molar-refractivity contribution in [2.45, 2.75) is 44.6 Å². The summed E-state index contributed by atoms with van der Waals surface area (Å²) < 4.78 is 5.13. The van der Waals surface area contributed by atoms with E-state index in [9.17, 15) is 4.79 Å². The van der Waals surface area contributed by atoms with Crippen molar-refractivity contribution >= 4 is 6.29 Å². The fourth-order valence-corrected chi connectivity index (χ4v) is 2.00. The minimum absolute atomic E-state index is 0.150. The van der Waals surface area contributed by atoms with Gasteiger partial charge in [-0.2, -0.15) is 0 Å². The number of rotatable bonds is 3. The molecule has 0 aromatic carbocycles. The third kappa shape index (κ3) is 2.59. The van der Waals surface area contributed by atoms with Crippen molar-refractivity contribution in [3.05, 3.63) is 0 Å². The number of carbonyl (C=O) groups excluding carboxylic acids is 1. The van der Waals surface area contributed by atoms with Gasteiger partial charge in [0, 0.05) is 7.11 Å². The van der Waals surface area contributed by atoms with Crippen molar-refractivity contribution in [1.82, 2.24) is 0 Å². The Morgan fingerprint density at radius 3 is 2.25 bits per heavy atom. The molecule has 0 bridgehead atoms. The highest BCUT2D eigenvalue weighted by molar-refractivity contribution is 5.56. The summed E-state index contributed by atoms with van der Waals surface area (Å²) in [6.45, 7) is 0. The molecule has 0 aliphatic heterocycles. The van der Waals surface area contributed by atoms with Crippen molar-refractivity contribution < 1.29 is 9.53 Å². The van der Waals surface area contributed by atoms with Crippen LogP contribution in [0.3, 0.4) is 0 Å². The van der Waals surface area contributed by atoms with Crippen molar-refractivity contribution in [2.75, 3.05) is 7.11 Å². The fourth-order valence-electron chi connectivity index (χ4n) is 2.00. The van der Waals surface area contributed by atoms with Gasteiger partial charge in [-0.25, -0.2) is 0 Å². The molecular formula is C10H18O2. The van der Waals surface area contributed by atoms with Gasteiger partial charge in [-0.05, 0) is 18.8 Å². The Kier molecular flexibility index (Phi) is 4.30. The van der Waals surface area contributed by atoms with Crippen LogP contribution < -0.4 is 0 Å². The standard InChI is InChI=1S/C10H18O2/c1-12-10(8-11)9-6-4-2-3-5-7-9/h8-10H,2-7H2,1H3. The van der Waals surface area contributed by atoms with Crippen molar-refractivity contribution in [3.8, 4) is 0 Å². The molecule has 0 spiro atoms. The lowest BCUT2D eigenvalue weighted by atomic mass is 9.95. The van der Waals surface area contributed by atoms with E-state index in [1.165, 1.54) is 25.7 Å². The summed E-state index contributed by atoms with van der Waals surface area (Å²) in [5.41, 5.74) is 0. The highest BCUT2D eigenvalue weighted by Gasteiger charge is 2.21. The van der Waals surface area contributed by atoms with E-state index in [-0.39, 0.29) is 6.10 Å². The van der Waals surface area contributed by atoms with Gasteiger partial charge in [-0.15, -0.1) is 0 Å². The molecule has 0 heterocycles. The van der Waals surface area contributed by atoms with Crippen LogP contribution in [0.4, 0.5) is 0 Å². The molecule has 0 N–H and O–H groups in total. The highest BCUT2D eigenvalue weighted by Crippen LogP contribution is 2.25. The van der Waals surface area contributed by atoms with E-state index < -0.39 is 0 Å². The van der Waals surface area contributed by atoms with E-state index >= 15 is 0 Å².